The van der Waals surface area contributed by atoms with Crippen molar-refractivity contribution in [2.75, 3.05) is 12.9 Å². The van der Waals surface area contributed by atoms with E-state index in [1.807, 2.05) is 0 Å². The minimum Gasteiger partial charge on any atom is -0.469 e. The van der Waals surface area contributed by atoms with Crippen molar-refractivity contribution in [3.8, 4) is 0 Å². The molecule has 0 saturated heterocycles. The molecule has 0 aromatic carbocycles. The monoisotopic (exact) mass is 295 g/mol. The van der Waals surface area contributed by atoms with Gasteiger partial charge < -0.3 is 4.74 Å². The predicted molar refractivity (Wildman–Crippen MR) is 62.0 cm³/mol. The molecule has 0 spiro atoms. The van der Waals surface area contributed by atoms with E-state index in [1.165, 1.54) is 7.11 Å². The summed E-state index contributed by atoms with van der Waals surface area (Å²) in [5, 5.41) is 7.82. The second-order valence-corrected chi connectivity index (χ2v) is 6.11. The third-order valence-electron chi connectivity index (χ3n) is 3.79. The van der Waals surface area contributed by atoms with Crippen LogP contribution in [0.4, 0.5) is 13.2 Å². The second kappa shape index (κ2) is 4.22. The first-order chi connectivity index (χ1) is 8.65. The Morgan fingerprint density at radius 1 is 1.26 bits per heavy atom. The van der Waals surface area contributed by atoms with E-state index in [0.29, 0.717) is 31.0 Å². The van der Waals surface area contributed by atoms with E-state index in [1.54, 1.807) is 0 Å². The maximum Gasteiger partial charge on any atom is 0.450 e. The molecular weight excluding hydrogens is 283 g/mol. The van der Waals surface area contributed by atoms with E-state index >= 15 is 0 Å². The molecule has 3 aliphatic carbocycles. The van der Waals surface area contributed by atoms with Crippen LogP contribution in [0, 0.1) is 16.2 Å². The van der Waals surface area contributed by atoms with Crippen molar-refractivity contribution in [1.29, 1.82) is 5.41 Å². The lowest BCUT2D eigenvalue weighted by molar-refractivity contribution is -0.201. The van der Waals surface area contributed by atoms with Crippen molar-refractivity contribution in [3.05, 3.63) is 0 Å². The number of rotatable bonds is 4. The Morgan fingerprint density at radius 3 is 2.21 bits per heavy atom. The molecule has 0 atom stereocenters. The molecule has 0 unspecified atom stereocenters. The van der Waals surface area contributed by atoms with Gasteiger partial charge in [0.25, 0.3) is 0 Å². The van der Waals surface area contributed by atoms with E-state index in [-0.39, 0.29) is 11.0 Å². The number of methoxy groups -OCH3 is 1. The van der Waals surface area contributed by atoms with Crippen LogP contribution in [0.5, 0.6) is 0 Å². The Kier molecular flexibility index (Phi) is 3.19. The van der Waals surface area contributed by atoms with Gasteiger partial charge in [0.2, 0.25) is 5.78 Å². The van der Waals surface area contributed by atoms with Crippen molar-refractivity contribution >= 4 is 28.6 Å². The lowest BCUT2D eigenvalue weighted by Crippen LogP contribution is -2.68. The number of nitrogens with one attached hydrogen (secondary N) is 1. The summed E-state index contributed by atoms with van der Waals surface area (Å²) in [6.07, 6.45) is -3.52. The van der Waals surface area contributed by atoms with Crippen LogP contribution in [0.25, 0.3) is 0 Å². The van der Waals surface area contributed by atoms with E-state index in [9.17, 15) is 22.8 Å². The van der Waals surface area contributed by atoms with Gasteiger partial charge in [0, 0.05) is 5.41 Å². The Morgan fingerprint density at radius 2 is 1.79 bits per heavy atom. The van der Waals surface area contributed by atoms with Gasteiger partial charge in [0.05, 0.1) is 23.3 Å². The van der Waals surface area contributed by atoms with Crippen LogP contribution in [0.1, 0.15) is 19.3 Å². The SMILES string of the molecule is COC(=O)C12CC(C(=N)SCC(=O)C(F)(F)F)(C1)C2. The number of esters is 1. The van der Waals surface area contributed by atoms with Gasteiger partial charge in [-0.2, -0.15) is 13.2 Å². The Balaban J connectivity index is 1.83. The van der Waals surface area contributed by atoms with E-state index < -0.39 is 28.5 Å². The molecular formula is C11H12F3NO3S. The van der Waals surface area contributed by atoms with Gasteiger partial charge in [-0.05, 0) is 19.3 Å². The highest BCUT2D eigenvalue weighted by atomic mass is 32.2. The third kappa shape index (κ3) is 2.15. The highest BCUT2D eigenvalue weighted by Crippen LogP contribution is 2.74. The first-order valence-electron chi connectivity index (χ1n) is 5.56. The van der Waals surface area contributed by atoms with Gasteiger partial charge in [-0.1, -0.05) is 0 Å². The zero-order chi connectivity index (χ0) is 14.5. The minimum absolute atomic E-state index is 0.0656. The number of thioether (sulfide) groups is 1. The van der Waals surface area contributed by atoms with Crippen LogP contribution in [0.2, 0.25) is 0 Å². The molecule has 0 heterocycles. The van der Waals surface area contributed by atoms with Gasteiger partial charge in [0.15, 0.2) is 0 Å². The largest absolute Gasteiger partial charge is 0.469 e. The summed E-state index contributed by atoms with van der Waals surface area (Å²) in [4.78, 5) is 22.1. The Bertz CT molecular complexity index is 441. The molecule has 4 nitrogen and oxygen atoms in total. The molecule has 0 radical (unpaired) electrons. The molecule has 3 rings (SSSR count). The topological polar surface area (TPSA) is 67.2 Å². The first-order valence-corrected chi connectivity index (χ1v) is 6.54. The molecule has 0 amide bonds. The molecule has 1 N–H and O–H groups in total. The molecule has 3 saturated carbocycles. The number of Topliss-reactive ketones (excluding diaryl/α,β-unsaturated/α-hetero) is 1. The lowest BCUT2D eigenvalue weighted by atomic mass is 9.35. The van der Waals surface area contributed by atoms with Crippen molar-refractivity contribution in [2.24, 2.45) is 10.8 Å². The average Bonchev–Trinajstić information content (AvgIpc) is 2.20. The number of ketones is 1. The highest BCUT2D eigenvalue weighted by molar-refractivity contribution is 8.14. The molecule has 2 bridgehead atoms. The van der Waals surface area contributed by atoms with Gasteiger partial charge in [-0.15, -0.1) is 11.8 Å². The number of ether oxygens (including phenoxy) is 1. The van der Waals surface area contributed by atoms with E-state index in [4.69, 9.17) is 5.41 Å². The Hall–Kier alpha value is -1.05. The van der Waals surface area contributed by atoms with Crippen LogP contribution in [-0.4, -0.2) is 35.8 Å². The average molecular weight is 295 g/mol. The third-order valence-corrected chi connectivity index (χ3v) is 4.92. The van der Waals surface area contributed by atoms with Crippen molar-refractivity contribution in [2.45, 2.75) is 25.4 Å². The molecule has 3 aliphatic rings. The molecule has 8 heteroatoms. The number of hydrogen-bond acceptors (Lipinski definition) is 5. The van der Waals surface area contributed by atoms with E-state index in [0.717, 1.165) is 0 Å². The van der Waals surface area contributed by atoms with Crippen LogP contribution < -0.4 is 0 Å². The molecule has 0 aliphatic heterocycles. The van der Waals surface area contributed by atoms with Crippen LogP contribution in [0.3, 0.4) is 0 Å². The molecule has 19 heavy (non-hydrogen) atoms. The summed E-state index contributed by atoms with van der Waals surface area (Å²) in [6, 6.07) is 0. The second-order valence-electron chi connectivity index (χ2n) is 5.12. The van der Waals surface area contributed by atoms with Crippen molar-refractivity contribution in [1.82, 2.24) is 0 Å². The summed E-state index contributed by atoms with van der Waals surface area (Å²) in [5.74, 6) is -2.93. The van der Waals surface area contributed by atoms with Crippen LogP contribution in [-0.2, 0) is 14.3 Å². The normalized spacial score (nSPS) is 32.0. The molecule has 3 fully saturated rings. The first kappa shape index (κ1) is 14.4. The predicted octanol–water partition coefficient (Wildman–Crippen LogP) is 2.17. The zero-order valence-electron chi connectivity index (χ0n) is 10.1. The van der Waals surface area contributed by atoms with Crippen LogP contribution in [0.15, 0.2) is 0 Å². The summed E-state index contributed by atoms with van der Waals surface area (Å²) in [6.45, 7) is 0. The number of halogens is 3. The Labute approximate surface area is 111 Å². The molecule has 106 valence electrons. The summed E-state index contributed by atoms with van der Waals surface area (Å²) in [7, 11) is 1.29. The minimum atomic E-state index is -4.85. The van der Waals surface area contributed by atoms with E-state index in [2.05, 4.69) is 4.74 Å². The smallest absolute Gasteiger partial charge is 0.450 e. The fraction of sp³-hybridized carbons (Fsp3) is 0.727. The lowest BCUT2D eigenvalue weighted by Gasteiger charge is -2.68. The zero-order valence-corrected chi connectivity index (χ0v) is 10.9. The van der Waals surface area contributed by atoms with Crippen molar-refractivity contribution in [3.63, 3.8) is 0 Å². The number of carbonyl (C=O) groups excluding carboxylic acids is 2. The number of carbonyl (C=O) groups is 2. The van der Waals surface area contributed by atoms with Gasteiger partial charge in [0.1, 0.15) is 0 Å². The molecule has 0 aromatic heterocycles. The highest BCUT2D eigenvalue weighted by Gasteiger charge is 2.74. The van der Waals surface area contributed by atoms with Gasteiger partial charge in [-0.3, -0.25) is 15.0 Å². The van der Waals surface area contributed by atoms with Gasteiger partial charge in [-0.25, -0.2) is 0 Å². The fourth-order valence-electron chi connectivity index (χ4n) is 2.83. The standard InChI is InChI=1S/C11H12F3NO3S/c1-18-8(17)10-3-9(4-10,5-10)7(15)19-2-6(16)11(12,13)14/h15H,2-5H2,1H3. The molecule has 0 aromatic rings. The van der Waals surface area contributed by atoms with Crippen LogP contribution >= 0.6 is 11.8 Å². The van der Waals surface area contributed by atoms with Crippen molar-refractivity contribution < 1.29 is 27.5 Å². The fourth-order valence-corrected chi connectivity index (χ4v) is 3.80. The summed E-state index contributed by atoms with van der Waals surface area (Å²) < 4.78 is 40.7. The summed E-state index contributed by atoms with van der Waals surface area (Å²) in [5.41, 5.74) is -1.03. The number of hydrogen-bond donors (Lipinski definition) is 1. The van der Waals surface area contributed by atoms with Gasteiger partial charge >= 0.3 is 12.1 Å². The quantitative estimate of drug-likeness (QED) is 0.490. The maximum atomic E-state index is 12.0. The summed E-state index contributed by atoms with van der Waals surface area (Å²) >= 11 is 0.612. The maximum absolute atomic E-state index is 12.0. The number of alkyl halides is 3.